The number of para-hydroxylation sites is 2. The second kappa shape index (κ2) is 8.03. The van der Waals surface area contributed by atoms with Crippen molar-refractivity contribution < 1.29 is 14.3 Å². The van der Waals surface area contributed by atoms with Gasteiger partial charge in [0.15, 0.2) is 11.5 Å². The number of nitrogens with zero attached hydrogens (tertiary/aromatic N) is 1. The van der Waals surface area contributed by atoms with Gasteiger partial charge >= 0.3 is 0 Å². The highest BCUT2D eigenvalue weighted by molar-refractivity contribution is 5.82. The standard InChI is InChI=1S/C17H25NO3/c1-3-14-13-18(10-9-15(14)19)11-12-21-17-8-6-5-7-16(17)20-4-2/h5-8,14H,3-4,9-13H2,1-2H3. The molecule has 0 radical (unpaired) electrons. The lowest BCUT2D eigenvalue weighted by atomic mass is 9.94. The van der Waals surface area contributed by atoms with Gasteiger partial charge in [0.2, 0.25) is 0 Å². The summed E-state index contributed by atoms with van der Waals surface area (Å²) >= 11 is 0. The van der Waals surface area contributed by atoms with Gasteiger partial charge in [-0.25, -0.2) is 0 Å². The molecular formula is C17H25NO3. The lowest BCUT2D eigenvalue weighted by Gasteiger charge is -2.31. The van der Waals surface area contributed by atoms with Crippen molar-refractivity contribution in [3.05, 3.63) is 24.3 Å². The van der Waals surface area contributed by atoms with Crippen LogP contribution in [0.15, 0.2) is 24.3 Å². The van der Waals surface area contributed by atoms with Crippen LogP contribution in [0.2, 0.25) is 0 Å². The quantitative estimate of drug-likeness (QED) is 0.774. The minimum atomic E-state index is 0.203. The molecule has 1 saturated heterocycles. The second-order valence-electron chi connectivity index (χ2n) is 5.35. The van der Waals surface area contributed by atoms with Gasteiger partial charge in [-0.15, -0.1) is 0 Å². The normalized spacial score (nSPS) is 19.5. The summed E-state index contributed by atoms with van der Waals surface area (Å²) in [5.41, 5.74) is 0. The first-order valence-corrected chi connectivity index (χ1v) is 7.84. The highest BCUT2D eigenvalue weighted by atomic mass is 16.5. The maximum atomic E-state index is 11.7. The largest absolute Gasteiger partial charge is 0.490 e. The van der Waals surface area contributed by atoms with Gasteiger partial charge in [0, 0.05) is 32.0 Å². The van der Waals surface area contributed by atoms with E-state index in [4.69, 9.17) is 9.47 Å². The molecule has 1 aliphatic rings. The predicted molar refractivity (Wildman–Crippen MR) is 83.0 cm³/mol. The smallest absolute Gasteiger partial charge is 0.161 e. The predicted octanol–water partition coefficient (Wildman–Crippen LogP) is 2.77. The molecule has 4 nitrogen and oxygen atoms in total. The van der Waals surface area contributed by atoms with Crippen LogP contribution in [0.1, 0.15) is 26.7 Å². The number of ether oxygens (including phenoxy) is 2. The van der Waals surface area contributed by atoms with Gasteiger partial charge in [-0.1, -0.05) is 19.1 Å². The second-order valence-corrected chi connectivity index (χ2v) is 5.35. The summed E-state index contributed by atoms with van der Waals surface area (Å²) in [6, 6.07) is 7.75. The van der Waals surface area contributed by atoms with Crippen LogP contribution in [0.4, 0.5) is 0 Å². The molecular weight excluding hydrogens is 266 g/mol. The van der Waals surface area contributed by atoms with E-state index in [1.807, 2.05) is 31.2 Å². The summed E-state index contributed by atoms with van der Waals surface area (Å²) in [6.45, 7) is 7.87. The molecule has 0 amide bonds. The van der Waals surface area contributed by atoms with Crippen LogP contribution < -0.4 is 9.47 Å². The Labute approximate surface area is 127 Å². The molecule has 1 aliphatic heterocycles. The van der Waals surface area contributed by atoms with Crippen molar-refractivity contribution in [3.63, 3.8) is 0 Å². The van der Waals surface area contributed by atoms with Crippen molar-refractivity contribution in [2.75, 3.05) is 32.8 Å². The number of hydrogen-bond donors (Lipinski definition) is 0. The van der Waals surface area contributed by atoms with Crippen molar-refractivity contribution in [2.24, 2.45) is 5.92 Å². The summed E-state index contributed by atoms with van der Waals surface area (Å²) in [6.07, 6.45) is 1.61. The fourth-order valence-corrected chi connectivity index (χ4v) is 2.67. The molecule has 0 bridgehead atoms. The summed E-state index contributed by atoms with van der Waals surface area (Å²) in [5.74, 6) is 2.20. The first-order valence-electron chi connectivity index (χ1n) is 7.84. The lowest BCUT2D eigenvalue weighted by molar-refractivity contribution is -0.126. The Balaban J connectivity index is 1.80. The zero-order chi connectivity index (χ0) is 15.1. The van der Waals surface area contributed by atoms with Gasteiger partial charge < -0.3 is 9.47 Å². The van der Waals surface area contributed by atoms with Crippen LogP contribution in [0, 0.1) is 5.92 Å². The fraction of sp³-hybridized carbons (Fsp3) is 0.588. The van der Waals surface area contributed by atoms with Crippen molar-refractivity contribution in [1.29, 1.82) is 0 Å². The first-order chi connectivity index (χ1) is 10.2. The maximum absolute atomic E-state index is 11.7. The van der Waals surface area contributed by atoms with Crippen LogP contribution >= 0.6 is 0 Å². The van der Waals surface area contributed by atoms with Gasteiger partial charge in [-0.2, -0.15) is 0 Å². The van der Waals surface area contributed by atoms with Gasteiger partial charge in [0.25, 0.3) is 0 Å². The van der Waals surface area contributed by atoms with Crippen LogP contribution in [-0.4, -0.2) is 43.5 Å². The molecule has 0 N–H and O–H groups in total. The van der Waals surface area contributed by atoms with Crippen molar-refractivity contribution in [2.45, 2.75) is 26.7 Å². The Morgan fingerprint density at radius 3 is 2.57 bits per heavy atom. The fourth-order valence-electron chi connectivity index (χ4n) is 2.67. The van der Waals surface area contributed by atoms with E-state index in [1.54, 1.807) is 0 Å². The van der Waals surface area contributed by atoms with Gasteiger partial charge in [-0.3, -0.25) is 9.69 Å². The number of rotatable bonds is 7. The number of likely N-dealkylation sites (tertiary alicyclic amines) is 1. The number of piperidine rings is 1. The average Bonchev–Trinajstić information content (AvgIpc) is 2.51. The van der Waals surface area contributed by atoms with Crippen molar-refractivity contribution in [1.82, 2.24) is 4.90 Å². The maximum Gasteiger partial charge on any atom is 0.161 e. The molecule has 0 aromatic heterocycles. The highest BCUT2D eigenvalue weighted by Crippen LogP contribution is 2.26. The lowest BCUT2D eigenvalue weighted by Crippen LogP contribution is -2.42. The number of Topliss-reactive ketones (excluding diaryl/α,β-unsaturated/α-hetero) is 1. The molecule has 116 valence electrons. The minimum absolute atomic E-state index is 0.203. The number of carbonyl (C=O) groups excluding carboxylic acids is 1. The summed E-state index contributed by atoms with van der Waals surface area (Å²) < 4.78 is 11.4. The van der Waals surface area contributed by atoms with Crippen LogP contribution in [0.25, 0.3) is 0 Å². The van der Waals surface area contributed by atoms with E-state index >= 15 is 0 Å². The first kappa shape index (κ1) is 15.8. The Morgan fingerprint density at radius 2 is 1.90 bits per heavy atom. The van der Waals surface area contributed by atoms with E-state index in [-0.39, 0.29) is 5.92 Å². The van der Waals surface area contributed by atoms with Gasteiger partial charge in [0.1, 0.15) is 12.4 Å². The van der Waals surface area contributed by atoms with E-state index in [0.29, 0.717) is 25.4 Å². The zero-order valence-electron chi connectivity index (χ0n) is 13.0. The molecule has 21 heavy (non-hydrogen) atoms. The molecule has 2 rings (SSSR count). The minimum Gasteiger partial charge on any atom is -0.490 e. The third kappa shape index (κ3) is 4.46. The number of carbonyl (C=O) groups is 1. The number of ketones is 1. The van der Waals surface area contributed by atoms with Gasteiger partial charge in [0.05, 0.1) is 6.61 Å². The Hall–Kier alpha value is -1.55. The van der Waals surface area contributed by atoms with E-state index in [0.717, 1.165) is 37.6 Å². The van der Waals surface area contributed by atoms with E-state index in [1.165, 1.54) is 0 Å². The zero-order valence-corrected chi connectivity index (χ0v) is 13.0. The molecule has 1 fully saturated rings. The topological polar surface area (TPSA) is 38.8 Å². The molecule has 1 aromatic rings. The molecule has 1 unspecified atom stereocenters. The van der Waals surface area contributed by atoms with Crippen molar-refractivity contribution in [3.8, 4) is 11.5 Å². The molecule has 0 saturated carbocycles. The molecule has 0 aliphatic carbocycles. The van der Waals surface area contributed by atoms with Crippen LogP contribution in [0.3, 0.4) is 0 Å². The van der Waals surface area contributed by atoms with E-state index in [9.17, 15) is 4.79 Å². The van der Waals surface area contributed by atoms with E-state index < -0.39 is 0 Å². The highest BCUT2D eigenvalue weighted by Gasteiger charge is 2.25. The van der Waals surface area contributed by atoms with Crippen LogP contribution in [-0.2, 0) is 4.79 Å². The Morgan fingerprint density at radius 1 is 1.19 bits per heavy atom. The number of hydrogen-bond acceptors (Lipinski definition) is 4. The Bertz CT molecular complexity index is 461. The van der Waals surface area contributed by atoms with Crippen LogP contribution in [0.5, 0.6) is 11.5 Å². The SMILES string of the molecule is CCOc1ccccc1OCCN1CCC(=O)C(CC)C1. The molecule has 1 atom stereocenters. The van der Waals surface area contributed by atoms with E-state index in [2.05, 4.69) is 11.8 Å². The third-order valence-electron chi connectivity index (χ3n) is 3.92. The van der Waals surface area contributed by atoms with Crippen molar-refractivity contribution >= 4 is 5.78 Å². The molecule has 1 aromatic carbocycles. The summed E-state index contributed by atoms with van der Waals surface area (Å²) in [5, 5.41) is 0. The summed E-state index contributed by atoms with van der Waals surface area (Å²) in [4.78, 5) is 14.0. The summed E-state index contributed by atoms with van der Waals surface area (Å²) in [7, 11) is 0. The average molecular weight is 291 g/mol. The molecule has 0 spiro atoms. The monoisotopic (exact) mass is 291 g/mol. The van der Waals surface area contributed by atoms with Gasteiger partial charge in [-0.05, 0) is 25.5 Å². The number of benzene rings is 1. The molecule has 1 heterocycles. The Kier molecular flexibility index (Phi) is 6.05. The molecule has 4 heteroatoms. The third-order valence-corrected chi connectivity index (χ3v) is 3.92.